The molecule has 0 atom stereocenters. The zero-order chi connectivity index (χ0) is 18.5. The quantitative estimate of drug-likeness (QED) is 0.692. The van der Waals surface area contributed by atoms with Crippen molar-refractivity contribution in [1.29, 1.82) is 0 Å². The fourth-order valence-corrected chi connectivity index (χ4v) is 3.35. The van der Waals surface area contributed by atoms with Crippen LogP contribution in [0, 0.1) is 0 Å². The van der Waals surface area contributed by atoms with Gasteiger partial charge in [0.25, 0.3) is 5.91 Å². The molecule has 3 rings (SSSR count). The predicted molar refractivity (Wildman–Crippen MR) is 103 cm³/mol. The molecular formula is C18H22N6OS. The van der Waals surface area contributed by atoms with Crippen LogP contribution in [0.5, 0.6) is 0 Å². The lowest BCUT2D eigenvalue weighted by Crippen LogP contribution is -2.24. The molecule has 1 amide bonds. The maximum Gasteiger partial charge on any atom is 0.271 e. The van der Waals surface area contributed by atoms with Gasteiger partial charge >= 0.3 is 0 Å². The van der Waals surface area contributed by atoms with Crippen LogP contribution in [0.15, 0.2) is 36.1 Å². The first-order valence-electron chi connectivity index (χ1n) is 8.53. The van der Waals surface area contributed by atoms with Gasteiger partial charge < -0.3 is 10.2 Å². The van der Waals surface area contributed by atoms with Crippen molar-refractivity contribution in [3.05, 3.63) is 47.4 Å². The highest BCUT2D eigenvalue weighted by Crippen LogP contribution is 2.22. The minimum absolute atomic E-state index is 0.191. The van der Waals surface area contributed by atoms with Crippen LogP contribution in [0.25, 0.3) is 10.6 Å². The van der Waals surface area contributed by atoms with Crippen LogP contribution in [0.1, 0.15) is 29.9 Å². The Morgan fingerprint density at radius 3 is 2.69 bits per heavy atom. The number of pyridine rings is 1. The lowest BCUT2D eigenvalue weighted by Gasteiger charge is -2.19. The highest BCUT2D eigenvalue weighted by molar-refractivity contribution is 7.13. The highest BCUT2D eigenvalue weighted by Gasteiger charge is 2.13. The first-order chi connectivity index (χ1) is 12.6. The molecule has 0 fully saturated rings. The van der Waals surface area contributed by atoms with E-state index in [1.165, 1.54) is 11.3 Å². The number of carbonyl (C=O) groups excluding carboxylic acids is 1. The van der Waals surface area contributed by atoms with Crippen LogP contribution in [0.4, 0.5) is 5.82 Å². The normalized spacial score (nSPS) is 10.7. The number of aromatic nitrogens is 4. The number of hydrogen-bond acceptors (Lipinski definition) is 6. The van der Waals surface area contributed by atoms with Crippen LogP contribution in [-0.4, -0.2) is 38.7 Å². The first-order valence-corrected chi connectivity index (χ1v) is 9.41. The number of aryl methyl sites for hydroxylation is 1. The summed E-state index contributed by atoms with van der Waals surface area (Å²) in [6.07, 6.45) is 5.42. The zero-order valence-corrected chi connectivity index (χ0v) is 16.0. The van der Waals surface area contributed by atoms with E-state index >= 15 is 0 Å². The molecule has 0 bridgehead atoms. The Labute approximate surface area is 156 Å². The third-order valence-electron chi connectivity index (χ3n) is 4.04. The zero-order valence-electron chi connectivity index (χ0n) is 15.1. The van der Waals surface area contributed by atoms with Crippen LogP contribution in [-0.2, 0) is 13.6 Å². The van der Waals surface area contributed by atoms with Gasteiger partial charge in [-0.1, -0.05) is 6.07 Å². The molecular weight excluding hydrogens is 348 g/mol. The van der Waals surface area contributed by atoms with Gasteiger partial charge in [-0.15, -0.1) is 11.3 Å². The van der Waals surface area contributed by atoms with E-state index in [9.17, 15) is 4.79 Å². The molecule has 0 spiro atoms. The summed E-state index contributed by atoms with van der Waals surface area (Å²) < 4.78 is 1.71. The third kappa shape index (κ3) is 4.08. The third-order valence-corrected chi connectivity index (χ3v) is 4.93. The maximum atomic E-state index is 12.3. The summed E-state index contributed by atoms with van der Waals surface area (Å²) in [5.74, 6) is 0.759. The van der Waals surface area contributed by atoms with Crippen molar-refractivity contribution >= 4 is 23.1 Å². The number of rotatable bonds is 7. The molecule has 0 radical (unpaired) electrons. The Balaban J connectivity index is 1.59. The van der Waals surface area contributed by atoms with Gasteiger partial charge in [-0.05, 0) is 25.5 Å². The van der Waals surface area contributed by atoms with E-state index in [1.807, 2.05) is 25.4 Å². The van der Waals surface area contributed by atoms with Gasteiger partial charge in [0.1, 0.15) is 16.5 Å². The predicted octanol–water partition coefficient (Wildman–Crippen LogP) is 2.71. The van der Waals surface area contributed by atoms with E-state index in [0.717, 1.165) is 35.0 Å². The van der Waals surface area contributed by atoms with Crippen LogP contribution in [0.3, 0.4) is 0 Å². The summed E-state index contributed by atoms with van der Waals surface area (Å²) in [4.78, 5) is 23.4. The molecule has 0 aliphatic carbocycles. The summed E-state index contributed by atoms with van der Waals surface area (Å²) >= 11 is 1.43. The Hall–Kier alpha value is -2.74. The van der Waals surface area contributed by atoms with Gasteiger partial charge in [-0.2, -0.15) is 5.10 Å². The Morgan fingerprint density at radius 2 is 2.08 bits per heavy atom. The van der Waals surface area contributed by atoms with E-state index in [-0.39, 0.29) is 5.91 Å². The number of nitrogens with zero attached hydrogens (tertiary/aromatic N) is 5. The second-order valence-corrected chi connectivity index (χ2v) is 6.68. The van der Waals surface area contributed by atoms with E-state index in [2.05, 4.69) is 39.1 Å². The van der Waals surface area contributed by atoms with Gasteiger partial charge in [0, 0.05) is 50.0 Å². The van der Waals surface area contributed by atoms with Gasteiger partial charge in [0.15, 0.2) is 0 Å². The highest BCUT2D eigenvalue weighted by atomic mass is 32.1. The summed E-state index contributed by atoms with van der Waals surface area (Å²) in [7, 11) is 1.85. The van der Waals surface area contributed by atoms with E-state index in [0.29, 0.717) is 12.2 Å². The number of hydrogen-bond donors (Lipinski definition) is 1. The number of amides is 1. The molecule has 0 unspecified atom stereocenters. The number of anilines is 1. The molecule has 0 saturated carbocycles. The summed E-state index contributed by atoms with van der Waals surface area (Å²) in [6, 6.07) is 3.97. The number of carbonyl (C=O) groups is 1. The van der Waals surface area contributed by atoms with Crippen LogP contribution < -0.4 is 10.2 Å². The molecule has 0 aliphatic rings. The summed E-state index contributed by atoms with van der Waals surface area (Å²) in [5, 5.41) is 9.57. The standard InChI is InChI=1S/C18H22N6OS/c1-4-24(5-2)16-7-6-13(8-19-16)9-20-17(25)15-12-26-18(22-15)14-10-21-23(3)11-14/h6-8,10-12H,4-5,9H2,1-3H3,(H,20,25). The lowest BCUT2D eigenvalue weighted by atomic mass is 10.2. The fraction of sp³-hybridized carbons (Fsp3) is 0.333. The Morgan fingerprint density at radius 1 is 1.27 bits per heavy atom. The minimum atomic E-state index is -0.191. The summed E-state index contributed by atoms with van der Waals surface area (Å²) in [6.45, 7) is 6.47. The van der Waals surface area contributed by atoms with Crippen LogP contribution >= 0.6 is 11.3 Å². The molecule has 0 aromatic carbocycles. The smallest absolute Gasteiger partial charge is 0.271 e. The minimum Gasteiger partial charge on any atom is -0.357 e. The Bertz CT molecular complexity index is 866. The topological polar surface area (TPSA) is 75.9 Å². The van der Waals surface area contributed by atoms with Crippen molar-refractivity contribution < 1.29 is 4.79 Å². The van der Waals surface area contributed by atoms with Crippen molar-refractivity contribution in [1.82, 2.24) is 25.1 Å². The lowest BCUT2D eigenvalue weighted by molar-refractivity contribution is 0.0946. The molecule has 0 saturated heterocycles. The fourth-order valence-electron chi connectivity index (χ4n) is 2.57. The molecule has 1 N–H and O–H groups in total. The molecule has 3 aromatic heterocycles. The van der Waals surface area contributed by atoms with E-state index < -0.39 is 0 Å². The van der Waals surface area contributed by atoms with Gasteiger partial charge in [0.05, 0.1) is 6.20 Å². The van der Waals surface area contributed by atoms with Gasteiger partial charge in [0.2, 0.25) is 0 Å². The Kier molecular flexibility index (Phi) is 5.62. The summed E-state index contributed by atoms with van der Waals surface area (Å²) in [5.41, 5.74) is 2.28. The molecule has 7 nitrogen and oxygen atoms in total. The molecule has 26 heavy (non-hydrogen) atoms. The molecule has 8 heteroatoms. The number of thiazole rings is 1. The van der Waals surface area contributed by atoms with E-state index in [1.54, 1.807) is 22.5 Å². The van der Waals surface area contributed by atoms with Gasteiger partial charge in [-0.3, -0.25) is 9.48 Å². The number of nitrogens with one attached hydrogen (secondary N) is 1. The monoisotopic (exact) mass is 370 g/mol. The van der Waals surface area contributed by atoms with Crippen molar-refractivity contribution in [2.24, 2.45) is 7.05 Å². The van der Waals surface area contributed by atoms with Crippen molar-refractivity contribution in [3.8, 4) is 10.6 Å². The van der Waals surface area contributed by atoms with Crippen molar-refractivity contribution in [2.45, 2.75) is 20.4 Å². The second-order valence-electron chi connectivity index (χ2n) is 5.82. The molecule has 0 aliphatic heterocycles. The average Bonchev–Trinajstić information content (AvgIpc) is 3.31. The molecule has 136 valence electrons. The van der Waals surface area contributed by atoms with Crippen LogP contribution in [0.2, 0.25) is 0 Å². The largest absolute Gasteiger partial charge is 0.357 e. The van der Waals surface area contributed by atoms with Crippen molar-refractivity contribution in [2.75, 3.05) is 18.0 Å². The molecule has 3 aromatic rings. The van der Waals surface area contributed by atoms with Gasteiger partial charge in [-0.25, -0.2) is 9.97 Å². The van der Waals surface area contributed by atoms with Crippen molar-refractivity contribution in [3.63, 3.8) is 0 Å². The SMILES string of the molecule is CCN(CC)c1ccc(CNC(=O)c2csc(-c3cnn(C)c3)n2)cn1. The molecule has 3 heterocycles. The first kappa shape index (κ1) is 18.1. The maximum absolute atomic E-state index is 12.3. The second kappa shape index (κ2) is 8.09. The van der Waals surface area contributed by atoms with E-state index in [4.69, 9.17) is 0 Å². The average molecular weight is 370 g/mol.